The molecule has 1 heterocycles. The zero-order chi connectivity index (χ0) is 22.5. The Morgan fingerprint density at radius 3 is 2.45 bits per heavy atom. The highest BCUT2D eigenvalue weighted by Crippen LogP contribution is 2.47. The largest absolute Gasteiger partial charge is 0.465 e. The molecule has 0 bridgehead atoms. The molecule has 1 saturated carbocycles. The van der Waals surface area contributed by atoms with Crippen molar-refractivity contribution in [1.82, 2.24) is 4.90 Å². The number of benzene rings is 1. The van der Waals surface area contributed by atoms with E-state index in [-0.39, 0.29) is 12.5 Å². The smallest absolute Gasteiger partial charge is 0.407 e. The average molecular weight is 454 g/mol. The molecule has 1 aromatic carbocycles. The molecule has 0 spiro atoms. The number of carboxylic acid groups (broad SMARTS) is 1. The standard InChI is InChI=1S/C22H31NO7S/c1-31(27,28)30-19-8-5-12-22(19,20(24)29-16-18-6-3-2-4-7-18)13-9-17-10-14-23(15-11-17)21(25)26/h2-4,6-7,17,19H,5,8-16H2,1H3,(H,25,26). The van der Waals surface area contributed by atoms with E-state index in [0.717, 1.165) is 24.7 Å². The number of hydrogen-bond acceptors (Lipinski definition) is 6. The maximum atomic E-state index is 13.3. The van der Waals surface area contributed by atoms with E-state index in [1.807, 2.05) is 30.3 Å². The van der Waals surface area contributed by atoms with Crippen LogP contribution < -0.4 is 0 Å². The van der Waals surface area contributed by atoms with Crippen LogP contribution in [0.5, 0.6) is 0 Å². The van der Waals surface area contributed by atoms with Crippen molar-refractivity contribution >= 4 is 22.2 Å². The fourth-order valence-corrected chi connectivity index (χ4v) is 5.46. The molecule has 0 aromatic heterocycles. The molecule has 2 unspecified atom stereocenters. The molecule has 3 rings (SSSR count). The Kier molecular flexibility index (Phi) is 7.59. The molecule has 31 heavy (non-hydrogen) atoms. The minimum Gasteiger partial charge on any atom is -0.465 e. The highest BCUT2D eigenvalue weighted by molar-refractivity contribution is 7.86. The second-order valence-corrected chi connectivity index (χ2v) is 10.3. The summed E-state index contributed by atoms with van der Waals surface area (Å²) in [7, 11) is -3.72. The average Bonchev–Trinajstić information content (AvgIpc) is 3.13. The van der Waals surface area contributed by atoms with E-state index in [0.29, 0.717) is 45.2 Å². The summed E-state index contributed by atoms with van der Waals surface area (Å²) in [4.78, 5) is 25.8. The van der Waals surface area contributed by atoms with Crippen LogP contribution in [-0.4, -0.2) is 55.9 Å². The molecule has 172 valence electrons. The van der Waals surface area contributed by atoms with Crippen molar-refractivity contribution in [2.75, 3.05) is 19.3 Å². The van der Waals surface area contributed by atoms with E-state index >= 15 is 0 Å². The van der Waals surface area contributed by atoms with Gasteiger partial charge in [-0.1, -0.05) is 30.3 Å². The fourth-order valence-electron chi connectivity index (χ4n) is 4.75. The monoisotopic (exact) mass is 453 g/mol. The van der Waals surface area contributed by atoms with Gasteiger partial charge in [-0.25, -0.2) is 4.79 Å². The summed E-state index contributed by atoms with van der Waals surface area (Å²) in [6, 6.07) is 9.36. The SMILES string of the molecule is CS(=O)(=O)OC1CCCC1(CCC1CCN(C(=O)O)CC1)C(=O)OCc1ccccc1. The maximum absolute atomic E-state index is 13.3. The highest BCUT2D eigenvalue weighted by atomic mass is 32.2. The molecule has 9 heteroatoms. The summed E-state index contributed by atoms with van der Waals surface area (Å²) >= 11 is 0. The van der Waals surface area contributed by atoms with Crippen LogP contribution in [-0.2, 0) is 30.4 Å². The Balaban J connectivity index is 1.70. The number of nitrogens with zero attached hydrogens (tertiary/aromatic N) is 1. The van der Waals surface area contributed by atoms with Gasteiger partial charge in [0.05, 0.1) is 17.8 Å². The van der Waals surface area contributed by atoms with Crippen molar-refractivity contribution in [2.24, 2.45) is 11.3 Å². The van der Waals surface area contributed by atoms with Gasteiger partial charge in [-0.15, -0.1) is 0 Å². The molecule has 1 aromatic rings. The number of amides is 1. The minimum absolute atomic E-state index is 0.129. The van der Waals surface area contributed by atoms with Crippen LogP contribution in [0.25, 0.3) is 0 Å². The molecular formula is C22H31NO7S. The number of esters is 1. The molecule has 1 aliphatic carbocycles. The van der Waals surface area contributed by atoms with Crippen molar-refractivity contribution in [2.45, 2.75) is 57.7 Å². The molecule has 2 atom stereocenters. The molecule has 1 N–H and O–H groups in total. The van der Waals surface area contributed by atoms with Gasteiger partial charge in [0.15, 0.2) is 0 Å². The van der Waals surface area contributed by atoms with Crippen molar-refractivity contribution in [3.63, 3.8) is 0 Å². The summed E-state index contributed by atoms with van der Waals surface area (Å²) in [5, 5.41) is 9.13. The maximum Gasteiger partial charge on any atom is 0.407 e. The highest BCUT2D eigenvalue weighted by Gasteiger charge is 2.52. The van der Waals surface area contributed by atoms with E-state index in [9.17, 15) is 18.0 Å². The van der Waals surface area contributed by atoms with Gasteiger partial charge in [-0.05, 0) is 56.4 Å². The summed E-state index contributed by atoms with van der Waals surface area (Å²) in [6.45, 7) is 1.09. The predicted molar refractivity (Wildman–Crippen MR) is 114 cm³/mol. The number of carbonyl (C=O) groups is 2. The Bertz CT molecular complexity index is 865. The van der Waals surface area contributed by atoms with Crippen LogP contribution in [0.15, 0.2) is 30.3 Å². The number of piperidine rings is 1. The zero-order valence-electron chi connectivity index (χ0n) is 17.9. The third-order valence-electron chi connectivity index (χ3n) is 6.50. The first-order valence-electron chi connectivity index (χ1n) is 10.8. The molecule has 2 aliphatic rings. The molecule has 1 aliphatic heterocycles. The van der Waals surface area contributed by atoms with Gasteiger partial charge in [0, 0.05) is 13.1 Å². The molecular weight excluding hydrogens is 422 g/mol. The summed E-state index contributed by atoms with van der Waals surface area (Å²) < 4.78 is 34.7. The molecule has 8 nitrogen and oxygen atoms in total. The van der Waals surface area contributed by atoms with Crippen LogP contribution in [0, 0.1) is 11.3 Å². The number of ether oxygens (including phenoxy) is 1. The predicted octanol–water partition coefficient (Wildman–Crippen LogP) is 3.42. The van der Waals surface area contributed by atoms with Gasteiger partial charge in [-0.2, -0.15) is 8.42 Å². The van der Waals surface area contributed by atoms with Crippen LogP contribution in [0.3, 0.4) is 0 Å². The lowest BCUT2D eigenvalue weighted by Gasteiger charge is -2.35. The quantitative estimate of drug-likeness (QED) is 0.474. The molecule has 2 fully saturated rings. The lowest BCUT2D eigenvalue weighted by Crippen LogP contribution is -2.43. The van der Waals surface area contributed by atoms with Crippen molar-refractivity contribution in [3.8, 4) is 0 Å². The first-order chi connectivity index (χ1) is 14.7. The molecule has 1 saturated heterocycles. The number of likely N-dealkylation sites (tertiary alicyclic amines) is 1. The third-order valence-corrected chi connectivity index (χ3v) is 7.08. The normalized spacial score (nSPS) is 24.8. The fraction of sp³-hybridized carbons (Fsp3) is 0.636. The Labute approximate surface area is 183 Å². The van der Waals surface area contributed by atoms with Crippen LogP contribution in [0.2, 0.25) is 0 Å². The number of hydrogen-bond donors (Lipinski definition) is 1. The Hall–Kier alpha value is -2.13. The van der Waals surface area contributed by atoms with Crippen LogP contribution in [0.1, 0.15) is 50.5 Å². The number of rotatable bonds is 8. The van der Waals surface area contributed by atoms with Crippen molar-refractivity contribution in [3.05, 3.63) is 35.9 Å². The van der Waals surface area contributed by atoms with Gasteiger partial charge in [-0.3, -0.25) is 8.98 Å². The second kappa shape index (κ2) is 9.99. The lowest BCUT2D eigenvalue weighted by atomic mass is 9.76. The van der Waals surface area contributed by atoms with E-state index in [4.69, 9.17) is 14.0 Å². The molecule has 0 radical (unpaired) electrons. The topological polar surface area (TPSA) is 110 Å². The van der Waals surface area contributed by atoms with Gasteiger partial charge in [0.1, 0.15) is 6.61 Å². The van der Waals surface area contributed by atoms with Gasteiger partial charge >= 0.3 is 12.1 Å². The zero-order valence-corrected chi connectivity index (χ0v) is 18.7. The summed E-state index contributed by atoms with van der Waals surface area (Å²) in [5.74, 6) is -0.126. The Morgan fingerprint density at radius 2 is 1.84 bits per heavy atom. The third kappa shape index (κ3) is 6.20. The van der Waals surface area contributed by atoms with Crippen molar-refractivity contribution < 1.29 is 32.0 Å². The van der Waals surface area contributed by atoms with Gasteiger partial charge in [0.25, 0.3) is 10.1 Å². The van der Waals surface area contributed by atoms with Crippen LogP contribution >= 0.6 is 0 Å². The second-order valence-electron chi connectivity index (χ2n) is 8.65. The summed E-state index contributed by atoms with van der Waals surface area (Å²) in [5.41, 5.74) is -0.132. The van der Waals surface area contributed by atoms with E-state index in [2.05, 4.69) is 0 Å². The molecule has 1 amide bonds. The van der Waals surface area contributed by atoms with Crippen molar-refractivity contribution in [1.29, 1.82) is 0 Å². The summed E-state index contributed by atoms with van der Waals surface area (Å²) in [6.07, 6.45) is 3.72. The first-order valence-corrected chi connectivity index (χ1v) is 12.6. The van der Waals surface area contributed by atoms with Gasteiger partial charge < -0.3 is 14.7 Å². The van der Waals surface area contributed by atoms with E-state index < -0.39 is 33.7 Å². The Morgan fingerprint density at radius 1 is 1.16 bits per heavy atom. The van der Waals surface area contributed by atoms with Crippen LogP contribution in [0.4, 0.5) is 4.79 Å². The lowest BCUT2D eigenvalue weighted by molar-refractivity contribution is -0.162. The van der Waals surface area contributed by atoms with E-state index in [1.54, 1.807) is 0 Å². The van der Waals surface area contributed by atoms with E-state index in [1.165, 1.54) is 4.90 Å². The first kappa shape index (κ1) is 23.5. The minimum atomic E-state index is -3.72. The number of carbonyl (C=O) groups excluding carboxylic acids is 1. The van der Waals surface area contributed by atoms with Gasteiger partial charge in [0.2, 0.25) is 0 Å².